The van der Waals surface area contributed by atoms with Crippen LogP contribution in [-0.4, -0.2) is 49.5 Å². The number of carbonyl (C=O) groups excluding carboxylic acids is 1. The van der Waals surface area contributed by atoms with E-state index in [9.17, 15) is 13.2 Å². The zero-order chi connectivity index (χ0) is 24.6. The van der Waals surface area contributed by atoms with Crippen molar-refractivity contribution in [1.29, 1.82) is 0 Å². The molecule has 2 unspecified atom stereocenters. The van der Waals surface area contributed by atoms with Crippen molar-refractivity contribution in [1.82, 2.24) is 10.2 Å². The number of aryl methyl sites for hydroxylation is 1. The Balaban J connectivity index is 0.000000195. The number of carbonyl (C=O) groups is 1. The van der Waals surface area contributed by atoms with Crippen LogP contribution in [0.5, 0.6) is 0 Å². The average Bonchev–Trinajstić information content (AvgIpc) is 3.36. The maximum Gasteiger partial charge on any atom is 0.294 e. The third-order valence-electron chi connectivity index (χ3n) is 7.36. The highest BCUT2D eigenvalue weighted by Gasteiger charge is 2.47. The van der Waals surface area contributed by atoms with Crippen LogP contribution in [0.2, 0.25) is 0 Å². The summed E-state index contributed by atoms with van der Waals surface area (Å²) in [6.45, 7) is 5.48. The second-order valence-corrected chi connectivity index (χ2v) is 12.3. The van der Waals surface area contributed by atoms with Gasteiger partial charge < -0.3 is 10.2 Å². The lowest BCUT2D eigenvalue weighted by Crippen LogP contribution is -2.64. The fourth-order valence-corrected chi connectivity index (χ4v) is 7.03. The summed E-state index contributed by atoms with van der Waals surface area (Å²) in [6, 6.07) is 18.6. The van der Waals surface area contributed by atoms with Crippen LogP contribution in [0.25, 0.3) is 10.4 Å². The molecule has 8 heteroatoms. The van der Waals surface area contributed by atoms with Gasteiger partial charge in [0.2, 0.25) is 0 Å². The van der Waals surface area contributed by atoms with Gasteiger partial charge in [0.1, 0.15) is 0 Å². The van der Waals surface area contributed by atoms with E-state index in [1.54, 1.807) is 23.5 Å². The van der Waals surface area contributed by atoms with Crippen LogP contribution in [0.3, 0.4) is 0 Å². The summed E-state index contributed by atoms with van der Waals surface area (Å²) in [5.41, 5.74) is 2.92. The molecule has 2 aromatic carbocycles. The second-order valence-electron chi connectivity index (χ2n) is 9.92. The van der Waals surface area contributed by atoms with Gasteiger partial charge in [0.05, 0.1) is 4.90 Å². The number of nitrogens with one attached hydrogen (secondary N) is 1. The van der Waals surface area contributed by atoms with Gasteiger partial charge in [-0.3, -0.25) is 9.35 Å². The van der Waals surface area contributed by atoms with Gasteiger partial charge in [0.15, 0.2) is 0 Å². The zero-order valence-electron chi connectivity index (χ0n) is 19.6. The molecule has 1 aromatic heterocycles. The molecule has 2 N–H and O–H groups in total. The average molecular weight is 511 g/mol. The van der Waals surface area contributed by atoms with Crippen molar-refractivity contribution in [3.8, 4) is 10.4 Å². The molecule has 0 radical (unpaired) electrons. The molecular weight excluding hydrogens is 480 g/mol. The molecule has 1 aliphatic carbocycles. The monoisotopic (exact) mass is 510 g/mol. The van der Waals surface area contributed by atoms with Crippen LogP contribution in [0.1, 0.15) is 28.8 Å². The quantitative estimate of drug-likeness (QED) is 0.496. The van der Waals surface area contributed by atoms with E-state index in [-0.39, 0.29) is 10.8 Å². The fraction of sp³-hybridized carbons (Fsp3) is 0.370. The molecule has 3 saturated heterocycles. The number of hydrogen-bond donors (Lipinski definition) is 2. The van der Waals surface area contributed by atoms with Gasteiger partial charge in [-0.2, -0.15) is 8.42 Å². The summed E-state index contributed by atoms with van der Waals surface area (Å²) in [4.78, 5) is 16.5. The Morgan fingerprint density at radius 2 is 1.63 bits per heavy atom. The van der Waals surface area contributed by atoms with Crippen molar-refractivity contribution in [2.75, 3.05) is 19.6 Å². The number of hydrogen-bond acceptors (Lipinski definition) is 5. The normalized spacial score (nSPS) is 26.6. The molecule has 184 valence electrons. The van der Waals surface area contributed by atoms with Gasteiger partial charge in [-0.05, 0) is 78.8 Å². The van der Waals surface area contributed by atoms with Crippen LogP contribution < -0.4 is 5.32 Å². The second kappa shape index (κ2) is 9.85. The molecule has 3 aromatic rings. The smallest absolute Gasteiger partial charge is 0.294 e. The Labute approximate surface area is 210 Å². The first-order valence-corrected chi connectivity index (χ1v) is 14.3. The topological polar surface area (TPSA) is 86.7 Å². The van der Waals surface area contributed by atoms with Crippen molar-refractivity contribution in [2.45, 2.75) is 30.7 Å². The first kappa shape index (κ1) is 24.2. The lowest BCUT2D eigenvalue weighted by Gasteiger charge is -2.55. The van der Waals surface area contributed by atoms with E-state index in [1.807, 2.05) is 19.1 Å². The highest BCUT2D eigenvalue weighted by molar-refractivity contribution is 7.85. The molecular formula is C27H30N2O4S2. The van der Waals surface area contributed by atoms with E-state index < -0.39 is 10.1 Å². The SMILES string of the molecule is Cc1ccc(S(=O)(=O)O)cc1.O=C(NC1C2CC3CC1CN(C3)C2)c1ccc(-c2cccs2)cc1. The fourth-order valence-electron chi connectivity index (χ4n) is 5.82. The minimum Gasteiger partial charge on any atom is -0.349 e. The number of thiophene rings is 1. The molecule has 7 rings (SSSR count). The third kappa shape index (κ3) is 5.51. The minimum absolute atomic E-state index is 0.0666. The van der Waals surface area contributed by atoms with Gasteiger partial charge in [0.25, 0.3) is 16.0 Å². The van der Waals surface area contributed by atoms with E-state index in [1.165, 1.54) is 55.0 Å². The summed E-state index contributed by atoms with van der Waals surface area (Å²) in [7, 11) is -4.02. The molecule has 1 saturated carbocycles. The summed E-state index contributed by atoms with van der Waals surface area (Å²) in [6.07, 6.45) is 2.60. The van der Waals surface area contributed by atoms with Crippen molar-refractivity contribution >= 4 is 27.4 Å². The molecule has 6 nitrogen and oxygen atoms in total. The van der Waals surface area contributed by atoms with E-state index in [0.717, 1.165) is 17.0 Å². The van der Waals surface area contributed by atoms with Crippen molar-refractivity contribution in [3.63, 3.8) is 0 Å². The van der Waals surface area contributed by atoms with E-state index in [2.05, 4.69) is 39.9 Å². The summed E-state index contributed by atoms with van der Waals surface area (Å²) in [5, 5.41) is 5.45. The Morgan fingerprint density at radius 3 is 2.17 bits per heavy atom. The molecule has 2 atom stereocenters. The van der Waals surface area contributed by atoms with E-state index >= 15 is 0 Å². The molecule has 1 amide bonds. The highest BCUT2D eigenvalue weighted by Crippen LogP contribution is 2.43. The Kier molecular flexibility index (Phi) is 6.81. The Morgan fingerprint density at radius 1 is 0.971 bits per heavy atom. The Bertz CT molecular complexity index is 1240. The lowest BCUT2D eigenvalue weighted by molar-refractivity contribution is -0.0418. The number of amides is 1. The van der Waals surface area contributed by atoms with Crippen molar-refractivity contribution < 1.29 is 17.8 Å². The maximum atomic E-state index is 12.7. The number of benzene rings is 2. The molecule has 0 spiro atoms. The van der Waals surface area contributed by atoms with E-state index in [0.29, 0.717) is 17.9 Å². The predicted octanol–water partition coefficient (Wildman–Crippen LogP) is 4.73. The van der Waals surface area contributed by atoms with Gasteiger partial charge in [-0.25, -0.2) is 0 Å². The molecule has 35 heavy (non-hydrogen) atoms. The van der Waals surface area contributed by atoms with Crippen LogP contribution in [0.15, 0.2) is 70.9 Å². The molecule has 4 fully saturated rings. The van der Waals surface area contributed by atoms with Gasteiger partial charge in [-0.15, -0.1) is 11.3 Å². The molecule has 4 aliphatic rings. The summed E-state index contributed by atoms with van der Waals surface area (Å²) < 4.78 is 29.6. The Hall–Kier alpha value is -2.52. The molecule has 4 bridgehead atoms. The number of piperidine rings is 3. The van der Waals surface area contributed by atoms with Crippen molar-refractivity contribution in [2.24, 2.45) is 17.8 Å². The van der Waals surface area contributed by atoms with Gasteiger partial charge in [-0.1, -0.05) is 35.9 Å². The highest BCUT2D eigenvalue weighted by atomic mass is 32.2. The van der Waals surface area contributed by atoms with Gasteiger partial charge in [0, 0.05) is 36.1 Å². The third-order valence-corrected chi connectivity index (χ3v) is 9.15. The van der Waals surface area contributed by atoms with Crippen LogP contribution in [-0.2, 0) is 10.1 Å². The first-order chi connectivity index (χ1) is 16.8. The predicted molar refractivity (Wildman–Crippen MR) is 138 cm³/mol. The molecule has 4 heterocycles. The van der Waals surface area contributed by atoms with Gasteiger partial charge >= 0.3 is 0 Å². The van der Waals surface area contributed by atoms with E-state index in [4.69, 9.17) is 4.55 Å². The van der Waals surface area contributed by atoms with Crippen molar-refractivity contribution in [3.05, 3.63) is 77.2 Å². The molecule has 3 aliphatic heterocycles. The first-order valence-electron chi connectivity index (χ1n) is 12.0. The summed E-state index contributed by atoms with van der Waals surface area (Å²) in [5.74, 6) is 2.29. The van der Waals surface area contributed by atoms with Crippen LogP contribution in [0.4, 0.5) is 0 Å². The number of rotatable bonds is 4. The van der Waals surface area contributed by atoms with Crippen LogP contribution in [0, 0.1) is 24.7 Å². The lowest BCUT2D eigenvalue weighted by atomic mass is 9.65. The van der Waals surface area contributed by atoms with Crippen LogP contribution >= 0.6 is 11.3 Å². The summed E-state index contributed by atoms with van der Waals surface area (Å²) >= 11 is 1.73. The maximum absolute atomic E-state index is 12.7. The number of nitrogens with zero attached hydrogens (tertiary/aromatic N) is 1. The standard InChI is InChI=1S/C20H22N2OS.C7H8O3S/c23-20(15-5-3-14(4-6-15)18-2-1-7-24-18)21-19-16-8-13-9-17(19)12-22(10-13)11-16;1-6-2-4-7(5-3-6)11(8,9)10/h1-7,13,16-17,19H,8-12H2,(H,21,23);2-5H,1H3,(H,8,9,10). The minimum atomic E-state index is -4.02. The largest absolute Gasteiger partial charge is 0.349 e. The zero-order valence-corrected chi connectivity index (χ0v) is 21.3.